The van der Waals surface area contributed by atoms with Crippen LogP contribution in [0.15, 0.2) is 70.4 Å². The molecule has 2 aromatic carbocycles. The fraction of sp³-hybridized carbons (Fsp3) is 0.240. The maximum Gasteiger partial charge on any atom is 0.230 e. The zero-order valence-electron chi connectivity index (χ0n) is 18.3. The van der Waals surface area contributed by atoms with E-state index in [4.69, 9.17) is 9.15 Å². The van der Waals surface area contributed by atoms with Gasteiger partial charge in [0.15, 0.2) is 16.7 Å². The summed E-state index contributed by atoms with van der Waals surface area (Å²) in [6, 6.07) is 18.3. The number of amides is 1. The summed E-state index contributed by atoms with van der Waals surface area (Å²) >= 11 is 1.37. The summed E-state index contributed by atoms with van der Waals surface area (Å²) in [6.45, 7) is 3.95. The van der Waals surface area contributed by atoms with Crippen LogP contribution in [0.3, 0.4) is 0 Å². The second kappa shape index (κ2) is 9.54. The highest BCUT2D eigenvalue weighted by Crippen LogP contribution is 2.30. The molecule has 1 aliphatic rings. The first-order valence-electron chi connectivity index (χ1n) is 10.9. The first kappa shape index (κ1) is 21.3. The van der Waals surface area contributed by atoms with Gasteiger partial charge < -0.3 is 14.5 Å². The molecule has 0 bridgehead atoms. The Balaban J connectivity index is 1.15. The molecule has 0 saturated carbocycles. The number of furan rings is 1. The normalized spacial score (nSPS) is 12.4. The van der Waals surface area contributed by atoms with Crippen LogP contribution in [0.5, 0.6) is 5.75 Å². The minimum atomic E-state index is -0.0482. The Morgan fingerprint density at radius 3 is 2.76 bits per heavy atom. The highest BCUT2D eigenvalue weighted by Gasteiger charge is 2.16. The van der Waals surface area contributed by atoms with Gasteiger partial charge in [0.2, 0.25) is 5.91 Å². The van der Waals surface area contributed by atoms with E-state index in [1.54, 1.807) is 6.26 Å². The van der Waals surface area contributed by atoms with Gasteiger partial charge >= 0.3 is 0 Å². The lowest BCUT2D eigenvalue weighted by atomic mass is 10.0. The molecule has 5 rings (SSSR count). The number of benzene rings is 2. The summed E-state index contributed by atoms with van der Waals surface area (Å²) in [5.41, 5.74) is 4.65. The summed E-state index contributed by atoms with van der Waals surface area (Å²) in [5.74, 6) is 2.54. The molecule has 2 aromatic heterocycles. The van der Waals surface area contributed by atoms with Crippen LogP contribution in [0.2, 0.25) is 0 Å². The predicted molar refractivity (Wildman–Crippen MR) is 127 cm³/mol. The van der Waals surface area contributed by atoms with Gasteiger partial charge in [-0.1, -0.05) is 42.1 Å². The number of aromatic nitrogens is 3. The molecule has 7 nitrogen and oxygen atoms in total. The lowest BCUT2D eigenvalue weighted by Crippen LogP contribution is -2.24. The number of ether oxygens (including phenoxy) is 1. The van der Waals surface area contributed by atoms with Crippen molar-refractivity contribution in [2.45, 2.75) is 31.6 Å². The van der Waals surface area contributed by atoms with Crippen molar-refractivity contribution in [3.8, 4) is 28.5 Å². The maximum atomic E-state index is 12.4. The van der Waals surface area contributed by atoms with Crippen molar-refractivity contribution in [1.29, 1.82) is 0 Å². The van der Waals surface area contributed by atoms with E-state index in [2.05, 4.69) is 51.9 Å². The number of rotatable bonds is 8. The van der Waals surface area contributed by atoms with E-state index in [1.807, 2.05) is 29.7 Å². The molecule has 0 saturated heterocycles. The Labute approximate surface area is 196 Å². The van der Waals surface area contributed by atoms with E-state index in [0.717, 1.165) is 29.9 Å². The highest BCUT2D eigenvalue weighted by atomic mass is 32.2. The number of nitrogens with zero attached hydrogens (tertiary/aromatic N) is 3. The van der Waals surface area contributed by atoms with Crippen LogP contribution in [0.25, 0.3) is 22.7 Å². The Bertz CT molecular complexity index is 1250. The number of carbonyl (C=O) groups is 1. The largest absolute Gasteiger partial charge is 0.493 e. The first-order valence-corrected chi connectivity index (χ1v) is 11.9. The second-order valence-corrected chi connectivity index (χ2v) is 8.65. The third-order valence-corrected chi connectivity index (χ3v) is 6.54. The molecule has 1 amide bonds. The molecule has 0 atom stereocenters. The Morgan fingerprint density at radius 2 is 1.97 bits per heavy atom. The number of hydrogen-bond acceptors (Lipinski definition) is 6. The quantitative estimate of drug-likeness (QED) is 0.388. The topological polar surface area (TPSA) is 82.2 Å². The Kier molecular flexibility index (Phi) is 6.17. The van der Waals surface area contributed by atoms with Gasteiger partial charge in [-0.3, -0.25) is 9.36 Å². The van der Waals surface area contributed by atoms with Gasteiger partial charge in [0.1, 0.15) is 5.75 Å². The van der Waals surface area contributed by atoms with Crippen molar-refractivity contribution in [2.75, 3.05) is 12.4 Å². The van der Waals surface area contributed by atoms with Crippen LogP contribution in [0.4, 0.5) is 0 Å². The summed E-state index contributed by atoms with van der Waals surface area (Å²) in [5, 5.41) is 12.1. The van der Waals surface area contributed by atoms with Crippen molar-refractivity contribution in [2.24, 2.45) is 0 Å². The van der Waals surface area contributed by atoms with Crippen LogP contribution in [-0.2, 0) is 24.3 Å². The number of thioether (sulfide) groups is 1. The zero-order chi connectivity index (χ0) is 22.6. The molecule has 4 aromatic rings. The second-order valence-electron chi connectivity index (χ2n) is 7.71. The van der Waals surface area contributed by atoms with Crippen LogP contribution >= 0.6 is 11.8 Å². The third kappa shape index (κ3) is 4.66. The van der Waals surface area contributed by atoms with Crippen molar-refractivity contribution in [3.05, 3.63) is 72.0 Å². The van der Waals surface area contributed by atoms with Gasteiger partial charge in [0.25, 0.3) is 0 Å². The standard InChI is InChI=1S/C25H24N4O3S/c1-2-29-24(22-4-3-12-31-22)27-28-25(29)33-16-23(30)26-15-17-5-7-18(8-6-17)19-9-10-21-20(14-19)11-13-32-21/h3-10,12,14H,2,11,13,15-16H2,1H3,(H,26,30). The smallest absolute Gasteiger partial charge is 0.230 e. The van der Waals surface area contributed by atoms with Gasteiger partial charge in [-0.25, -0.2) is 0 Å². The predicted octanol–water partition coefficient (Wildman–Crippen LogP) is 4.57. The molecular weight excluding hydrogens is 436 g/mol. The number of nitrogens with one attached hydrogen (secondary N) is 1. The van der Waals surface area contributed by atoms with Crippen LogP contribution < -0.4 is 10.1 Å². The van der Waals surface area contributed by atoms with E-state index < -0.39 is 0 Å². The van der Waals surface area contributed by atoms with Gasteiger partial charge in [0.05, 0.1) is 18.6 Å². The van der Waals surface area contributed by atoms with Crippen molar-refractivity contribution < 1.29 is 13.9 Å². The molecule has 0 radical (unpaired) electrons. The van der Waals surface area contributed by atoms with E-state index in [-0.39, 0.29) is 11.7 Å². The summed E-state index contributed by atoms with van der Waals surface area (Å²) in [7, 11) is 0. The maximum absolute atomic E-state index is 12.4. The van der Waals surface area contributed by atoms with Crippen molar-refractivity contribution in [3.63, 3.8) is 0 Å². The van der Waals surface area contributed by atoms with E-state index >= 15 is 0 Å². The summed E-state index contributed by atoms with van der Waals surface area (Å²) in [6.07, 6.45) is 2.57. The van der Waals surface area contributed by atoms with Gasteiger partial charge in [0, 0.05) is 19.5 Å². The van der Waals surface area contributed by atoms with Crippen molar-refractivity contribution in [1.82, 2.24) is 20.1 Å². The molecule has 0 fully saturated rings. The monoisotopic (exact) mass is 460 g/mol. The first-order chi connectivity index (χ1) is 16.2. The van der Waals surface area contributed by atoms with E-state index in [0.29, 0.717) is 29.8 Å². The average Bonchev–Trinajstić information content (AvgIpc) is 3.61. The van der Waals surface area contributed by atoms with E-state index in [9.17, 15) is 4.79 Å². The highest BCUT2D eigenvalue weighted by molar-refractivity contribution is 7.99. The molecule has 0 aliphatic carbocycles. The molecule has 0 unspecified atom stereocenters. The minimum Gasteiger partial charge on any atom is -0.493 e. The fourth-order valence-electron chi connectivity index (χ4n) is 3.83. The lowest BCUT2D eigenvalue weighted by molar-refractivity contribution is -0.118. The van der Waals surface area contributed by atoms with E-state index in [1.165, 1.54) is 22.9 Å². The molecule has 0 spiro atoms. The summed E-state index contributed by atoms with van der Waals surface area (Å²) < 4.78 is 13.0. The van der Waals surface area contributed by atoms with Crippen LogP contribution in [0.1, 0.15) is 18.1 Å². The molecule has 1 N–H and O–H groups in total. The average molecular weight is 461 g/mol. The van der Waals surface area contributed by atoms with Crippen LogP contribution in [-0.4, -0.2) is 33.0 Å². The molecular formula is C25H24N4O3S. The molecule has 168 valence electrons. The molecule has 1 aliphatic heterocycles. The minimum absolute atomic E-state index is 0.0482. The molecule has 33 heavy (non-hydrogen) atoms. The Hall–Kier alpha value is -3.52. The number of carbonyl (C=O) groups excluding carboxylic acids is 1. The fourth-order valence-corrected chi connectivity index (χ4v) is 4.66. The SMILES string of the molecule is CCn1c(SCC(=O)NCc2ccc(-c3ccc4c(c3)CCO4)cc2)nnc1-c1ccco1. The summed E-state index contributed by atoms with van der Waals surface area (Å²) in [4.78, 5) is 12.4. The molecule has 8 heteroatoms. The van der Waals surface area contributed by atoms with Gasteiger partial charge in [-0.05, 0) is 53.4 Å². The Morgan fingerprint density at radius 1 is 1.12 bits per heavy atom. The van der Waals surface area contributed by atoms with Crippen LogP contribution in [0, 0.1) is 0 Å². The zero-order valence-corrected chi connectivity index (χ0v) is 19.1. The number of hydrogen-bond donors (Lipinski definition) is 1. The third-order valence-electron chi connectivity index (χ3n) is 5.57. The van der Waals surface area contributed by atoms with Gasteiger partial charge in [-0.15, -0.1) is 10.2 Å². The number of fused-ring (bicyclic) bond motifs is 1. The molecule has 3 heterocycles. The van der Waals surface area contributed by atoms with Gasteiger partial charge in [-0.2, -0.15) is 0 Å². The van der Waals surface area contributed by atoms with Crippen molar-refractivity contribution >= 4 is 17.7 Å². The lowest BCUT2D eigenvalue weighted by Gasteiger charge is -2.08.